The molecule has 1 aromatic rings. The molecule has 2 nitrogen and oxygen atoms in total. The molecule has 0 radical (unpaired) electrons. The Labute approximate surface area is 117 Å². The smallest absolute Gasteiger partial charge is 0.255 e. The first kappa shape index (κ1) is 13.3. The molecular weight excluding hydrogens is 290 g/mol. The Balaban J connectivity index is 2.21. The predicted octanol–water partition coefficient (Wildman–Crippen LogP) is 4.02. The quantitative estimate of drug-likeness (QED) is 0.772. The summed E-state index contributed by atoms with van der Waals surface area (Å²) in [6, 6.07) is 7.95. The van der Waals surface area contributed by atoms with Gasteiger partial charge in [-0.25, -0.2) is 0 Å². The number of nitrogens with zero attached hydrogens (tertiary/aromatic N) is 1. The Morgan fingerprint density at radius 1 is 1.44 bits per heavy atom. The summed E-state index contributed by atoms with van der Waals surface area (Å²) >= 11 is 3.45. The number of carbonyl (C=O) groups is 1. The predicted molar refractivity (Wildman–Crippen MR) is 77.6 cm³/mol. The highest BCUT2D eigenvalue weighted by molar-refractivity contribution is 9.10. The van der Waals surface area contributed by atoms with Crippen LogP contribution in [0.2, 0.25) is 0 Å². The summed E-state index contributed by atoms with van der Waals surface area (Å²) in [4.78, 5) is 14.6. The second-order valence-corrected chi connectivity index (χ2v) is 5.51. The summed E-state index contributed by atoms with van der Waals surface area (Å²) in [6.45, 7) is 4.65. The Hall–Kier alpha value is -1.09. The molecule has 1 amide bonds. The molecule has 0 bridgehead atoms. The van der Waals surface area contributed by atoms with E-state index in [4.69, 9.17) is 0 Å². The zero-order chi connectivity index (χ0) is 13.0. The lowest BCUT2D eigenvalue weighted by molar-refractivity contribution is 0.0616. The van der Waals surface area contributed by atoms with Gasteiger partial charge in [-0.1, -0.05) is 18.2 Å². The topological polar surface area (TPSA) is 20.3 Å². The van der Waals surface area contributed by atoms with Gasteiger partial charge in [0.25, 0.3) is 5.91 Å². The minimum atomic E-state index is 0.133. The van der Waals surface area contributed by atoms with Crippen LogP contribution in [0, 0.1) is 0 Å². The van der Waals surface area contributed by atoms with Gasteiger partial charge in [0.2, 0.25) is 0 Å². The number of piperidine rings is 1. The van der Waals surface area contributed by atoms with Crippen LogP contribution in [0.3, 0.4) is 0 Å². The van der Waals surface area contributed by atoms with Crippen molar-refractivity contribution in [3.63, 3.8) is 0 Å². The number of hydrogen-bond acceptors (Lipinski definition) is 1. The monoisotopic (exact) mass is 307 g/mol. The lowest BCUT2D eigenvalue weighted by atomic mass is 9.98. The number of rotatable bonds is 3. The highest BCUT2D eigenvalue weighted by atomic mass is 79.9. The molecule has 1 unspecified atom stereocenters. The molecule has 1 heterocycles. The molecular formula is C15H18BrNO. The molecule has 0 saturated carbocycles. The first-order valence-electron chi connectivity index (χ1n) is 6.40. The fourth-order valence-electron chi connectivity index (χ4n) is 2.49. The highest BCUT2D eigenvalue weighted by Crippen LogP contribution is 2.25. The molecule has 0 spiro atoms. The van der Waals surface area contributed by atoms with E-state index in [9.17, 15) is 4.79 Å². The molecule has 0 aliphatic carbocycles. The Morgan fingerprint density at radius 2 is 2.22 bits per heavy atom. The SMILES string of the molecule is C=CCC1CCCCN1C(=O)c1ccccc1Br. The number of benzene rings is 1. The summed E-state index contributed by atoms with van der Waals surface area (Å²) in [5.41, 5.74) is 0.758. The van der Waals surface area contributed by atoms with Crippen molar-refractivity contribution in [3.05, 3.63) is 47.0 Å². The van der Waals surface area contributed by atoms with E-state index in [1.165, 1.54) is 6.42 Å². The Morgan fingerprint density at radius 3 is 2.94 bits per heavy atom. The van der Waals surface area contributed by atoms with Crippen molar-refractivity contribution in [2.45, 2.75) is 31.7 Å². The van der Waals surface area contributed by atoms with Crippen molar-refractivity contribution in [2.75, 3.05) is 6.54 Å². The van der Waals surface area contributed by atoms with Gasteiger partial charge >= 0.3 is 0 Å². The first-order valence-corrected chi connectivity index (χ1v) is 7.19. The molecule has 0 aromatic heterocycles. The van der Waals surface area contributed by atoms with Gasteiger partial charge in [0.1, 0.15) is 0 Å². The largest absolute Gasteiger partial charge is 0.335 e. The molecule has 1 aromatic carbocycles. The lowest BCUT2D eigenvalue weighted by Gasteiger charge is -2.35. The van der Waals surface area contributed by atoms with E-state index in [2.05, 4.69) is 22.5 Å². The second kappa shape index (κ2) is 6.19. The maximum Gasteiger partial charge on any atom is 0.255 e. The van der Waals surface area contributed by atoms with Crippen LogP contribution in [0.15, 0.2) is 41.4 Å². The van der Waals surface area contributed by atoms with Gasteiger partial charge in [-0.05, 0) is 53.7 Å². The normalized spacial score (nSPS) is 19.6. The van der Waals surface area contributed by atoms with E-state index >= 15 is 0 Å². The van der Waals surface area contributed by atoms with Gasteiger partial charge in [-0.15, -0.1) is 6.58 Å². The van der Waals surface area contributed by atoms with E-state index in [0.29, 0.717) is 6.04 Å². The van der Waals surface area contributed by atoms with Crippen LogP contribution in [0.1, 0.15) is 36.0 Å². The number of carbonyl (C=O) groups excluding carboxylic acids is 1. The molecule has 2 rings (SSSR count). The van der Waals surface area contributed by atoms with Crippen LogP contribution >= 0.6 is 15.9 Å². The van der Waals surface area contributed by atoms with Crippen molar-refractivity contribution in [1.29, 1.82) is 0 Å². The minimum absolute atomic E-state index is 0.133. The lowest BCUT2D eigenvalue weighted by Crippen LogP contribution is -2.43. The highest BCUT2D eigenvalue weighted by Gasteiger charge is 2.27. The van der Waals surface area contributed by atoms with E-state index in [-0.39, 0.29) is 5.91 Å². The molecule has 0 N–H and O–H groups in total. The van der Waals surface area contributed by atoms with Gasteiger partial charge in [0.05, 0.1) is 5.56 Å². The van der Waals surface area contributed by atoms with Crippen LogP contribution in [0.25, 0.3) is 0 Å². The van der Waals surface area contributed by atoms with E-state index in [1.807, 2.05) is 35.2 Å². The number of hydrogen-bond donors (Lipinski definition) is 0. The molecule has 1 aliphatic rings. The fourth-order valence-corrected chi connectivity index (χ4v) is 2.95. The standard InChI is InChI=1S/C15H18BrNO/c1-2-7-12-8-5-6-11-17(12)15(18)13-9-3-4-10-14(13)16/h2-4,9-10,12H,1,5-8,11H2. The van der Waals surface area contributed by atoms with E-state index in [1.54, 1.807) is 0 Å². The molecule has 3 heteroatoms. The van der Waals surface area contributed by atoms with Gasteiger partial charge < -0.3 is 4.90 Å². The minimum Gasteiger partial charge on any atom is -0.335 e. The van der Waals surface area contributed by atoms with Crippen molar-refractivity contribution in [3.8, 4) is 0 Å². The summed E-state index contributed by atoms with van der Waals surface area (Å²) in [6.07, 6.45) is 6.19. The molecule has 1 saturated heterocycles. The molecule has 96 valence electrons. The van der Waals surface area contributed by atoms with Gasteiger partial charge in [0.15, 0.2) is 0 Å². The molecule has 18 heavy (non-hydrogen) atoms. The third-order valence-electron chi connectivity index (χ3n) is 3.43. The van der Waals surface area contributed by atoms with Crippen molar-refractivity contribution in [2.24, 2.45) is 0 Å². The zero-order valence-electron chi connectivity index (χ0n) is 10.4. The zero-order valence-corrected chi connectivity index (χ0v) is 12.0. The summed E-state index contributed by atoms with van der Waals surface area (Å²) in [5.74, 6) is 0.133. The maximum atomic E-state index is 12.6. The Kier molecular flexibility index (Phi) is 4.59. The molecule has 1 aliphatic heterocycles. The van der Waals surface area contributed by atoms with E-state index in [0.717, 1.165) is 35.8 Å². The van der Waals surface area contributed by atoms with Crippen molar-refractivity contribution < 1.29 is 4.79 Å². The van der Waals surface area contributed by atoms with Crippen molar-refractivity contribution in [1.82, 2.24) is 4.90 Å². The van der Waals surface area contributed by atoms with Crippen LogP contribution in [0.4, 0.5) is 0 Å². The fraction of sp³-hybridized carbons (Fsp3) is 0.400. The third-order valence-corrected chi connectivity index (χ3v) is 4.12. The number of likely N-dealkylation sites (tertiary alicyclic amines) is 1. The number of amides is 1. The van der Waals surface area contributed by atoms with Crippen LogP contribution in [-0.4, -0.2) is 23.4 Å². The Bertz CT molecular complexity index is 444. The third kappa shape index (κ3) is 2.83. The first-order chi connectivity index (χ1) is 8.74. The van der Waals surface area contributed by atoms with E-state index < -0.39 is 0 Å². The number of halogens is 1. The van der Waals surface area contributed by atoms with Crippen molar-refractivity contribution >= 4 is 21.8 Å². The summed E-state index contributed by atoms with van der Waals surface area (Å²) in [5, 5.41) is 0. The van der Waals surface area contributed by atoms with Crippen LogP contribution in [-0.2, 0) is 0 Å². The van der Waals surface area contributed by atoms with Gasteiger partial charge in [0, 0.05) is 17.1 Å². The van der Waals surface area contributed by atoms with Crippen LogP contribution in [0.5, 0.6) is 0 Å². The molecule has 1 fully saturated rings. The van der Waals surface area contributed by atoms with Crippen LogP contribution < -0.4 is 0 Å². The maximum absolute atomic E-state index is 12.6. The summed E-state index contributed by atoms with van der Waals surface area (Å²) in [7, 11) is 0. The second-order valence-electron chi connectivity index (χ2n) is 4.65. The molecule has 1 atom stereocenters. The average molecular weight is 308 g/mol. The van der Waals surface area contributed by atoms with Gasteiger partial charge in [-0.2, -0.15) is 0 Å². The average Bonchev–Trinajstić information content (AvgIpc) is 2.40. The van der Waals surface area contributed by atoms with Gasteiger partial charge in [-0.3, -0.25) is 4.79 Å². The summed E-state index contributed by atoms with van der Waals surface area (Å²) < 4.78 is 0.873.